The van der Waals surface area contributed by atoms with E-state index in [-0.39, 0.29) is 17.3 Å². The summed E-state index contributed by atoms with van der Waals surface area (Å²) < 4.78 is 10.3. The molecular weight excluding hydrogens is 250 g/mol. The van der Waals surface area contributed by atoms with E-state index in [1.165, 1.54) is 32.1 Å². The largest absolute Gasteiger partial charge is 0.382 e. The maximum atomic E-state index is 11.6. The van der Waals surface area contributed by atoms with Gasteiger partial charge in [-0.05, 0) is 19.1 Å². The van der Waals surface area contributed by atoms with Crippen LogP contribution in [0, 0.1) is 0 Å². The Labute approximate surface area is 114 Å². The Morgan fingerprint density at radius 3 is 2.61 bits per heavy atom. The van der Waals surface area contributed by atoms with Crippen LogP contribution in [0.2, 0.25) is 0 Å². The molecular formula is C13H25NO3S. The summed E-state index contributed by atoms with van der Waals surface area (Å²) in [7, 11) is 1.62. The number of hydrogen-bond donors (Lipinski definition) is 1. The zero-order chi connectivity index (χ0) is 13.3. The summed E-state index contributed by atoms with van der Waals surface area (Å²) in [5.74, 6) is -0.0231. The zero-order valence-electron chi connectivity index (χ0n) is 11.5. The van der Waals surface area contributed by atoms with Gasteiger partial charge < -0.3 is 14.8 Å². The molecule has 4 nitrogen and oxygen atoms in total. The van der Waals surface area contributed by atoms with Crippen LogP contribution >= 0.6 is 11.8 Å². The second kappa shape index (κ2) is 8.77. The van der Waals surface area contributed by atoms with E-state index in [1.807, 2.05) is 11.8 Å². The molecule has 0 heterocycles. The van der Waals surface area contributed by atoms with Crippen molar-refractivity contribution in [3.05, 3.63) is 0 Å². The fourth-order valence-electron chi connectivity index (χ4n) is 2.27. The predicted molar refractivity (Wildman–Crippen MR) is 75.0 cm³/mol. The van der Waals surface area contributed by atoms with Gasteiger partial charge in [-0.25, -0.2) is 0 Å². The molecule has 0 aliphatic heterocycles. The lowest BCUT2D eigenvalue weighted by Gasteiger charge is -2.35. The molecule has 0 atom stereocenters. The topological polar surface area (TPSA) is 47.6 Å². The van der Waals surface area contributed by atoms with Crippen molar-refractivity contribution < 1.29 is 14.3 Å². The molecule has 1 aliphatic rings. The molecule has 0 spiro atoms. The van der Waals surface area contributed by atoms with E-state index >= 15 is 0 Å². The van der Waals surface area contributed by atoms with Gasteiger partial charge in [0, 0.05) is 18.4 Å². The number of hydrogen-bond acceptors (Lipinski definition) is 4. The van der Waals surface area contributed by atoms with E-state index in [9.17, 15) is 4.79 Å². The smallest absolute Gasteiger partial charge is 0.246 e. The Morgan fingerprint density at radius 2 is 2.00 bits per heavy atom. The first-order valence-corrected chi connectivity index (χ1v) is 7.83. The van der Waals surface area contributed by atoms with E-state index in [1.54, 1.807) is 7.11 Å². The molecule has 0 saturated heterocycles. The lowest BCUT2D eigenvalue weighted by atomic mass is 9.88. The molecule has 1 aliphatic carbocycles. The Morgan fingerprint density at radius 1 is 1.28 bits per heavy atom. The first-order chi connectivity index (χ1) is 8.72. The van der Waals surface area contributed by atoms with Crippen LogP contribution in [0.5, 0.6) is 0 Å². The molecule has 0 aromatic heterocycles. The molecule has 1 saturated carbocycles. The number of ether oxygens (including phenoxy) is 2. The van der Waals surface area contributed by atoms with Crippen molar-refractivity contribution >= 4 is 17.7 Å². The lowest BCUT2D eigenvalue weighted by Crippen LogP contribution is -2.43. The van der Waals surface area contributed by atoms with Crippen LogP contribution in [0.15, 0.2) is 0 Å². The van der Waals surface area contributed by atoms with E-state index in [0.717, 1.165) is 6.54 Å². The van der Waals surface area contributed by atoms with Crippen molar-refractivity contribution in [2.45, 2.75) is 36.9 Å². The normalized spacial score (nSPS) is 18.6. The van der Waals surface area contributed by atoms with Crippen molar-refractivity contribution in [2.75, 3.05) is 39.7 Å². The van der Waals surface area contributed by atoms with Crippen LogP contribution in [0.25, 0.3) is 0 Å². The molecule has 1 N–H and O–H groups in total. The molecule has 106 valence electrons. The third kappa shape index (κ3) is 5.59. The fourth-order valence-corrected chi connectivity index (χ4v) is 3.18. The van der Waals surface area contributed by atoms with Crippen LogP contribution in [-0.4, -0.2) is 50.4 Å². The predicted octanol–water partition coefficient (Wildman–Crippen LogP) is 1.83. The maximum absolute atomic E-state index is 11.6. The fraction of sp³-hybridized carbons (Fsp3) is 0.923. The number of methoxy groups -OCH3 is 1. The van der Waals surface area contributed by atoms with Gasteiger partial charge in [-0.3, -0.25) is 4.79 Å². The van der Waals surface area contributed by atoms with Gasteiger partial charge in [0.2, 0.25) is 5.91 Å². The Kier molecular flexibility index (Phi) is 7.70. The van der Waals surface area contributed by atoms with Gasteiger partial charge in [-0.15, -0.1) is 0 Å². The number of carbonyl (C=O) groups excluding carboxylic acids is 1. The molecule has 1 amide bonds. The van der Waals surface area contributed by atoms with Gasteiger partial charge in [0.25, 0.3) is 0 Å². The number of thioether (sulfide) groups is 1. The molecule has 0 aromatic carbocycles. The Balaban J connectivity index is 2.19. The van der Waals surface area contributed by atoms with Gasteiger partial charge in [0.15, 0.2) is 0 Å². The highest BCUT2D eigenvalue weighted by Gasteiger charge is 2.31. The van der Waals surface area contributed by atoms with E-state index in [2.05, 4.69) is 11.6 Å². The van der Waals surface area contributed by atoms with Crippen LogP contribution in [0.4, 0.5) is 0 Å². The van der Waals surface area contributed by atoms with Crippen LogP contribution in [0.3, 0.4) is 0 Å². The number of rotatable bonds is 8. The van der Waals surface area contributed by atoms with Crippen molar-refractivity contribution in [3.8, 4) is 0 Å². The molecule has 18 heavy (non-hydrogen) atoms. The van der Waals surface area contributed by atoms with E-state index < -0.39 is 0 Å². The minimum absolute atomic E-state index is 0.0231. The average molecular weight is 275 g/mol. The summed E-state index contributed by atoms with van der Waals surface area (Å²) in [5, 5.41) is 3.00. The van der Waals surface area contributed by atoms with Crippen LogP contribution < -0.4 is 5.32 Å². The SMILES string of the molecule is COCCOCC(=O)NCC1(SC)CCCCC1. The quantitative estimate of drug-likeness (QED) is 0.687. The minimum atomic E-state index is -0.0231. The van der Waals surface area contributed by atoms with Crippen LogP contribution in [0.1, 0.15) is 32.1 Å². The molecule has 0 aromatic rings. The first-order valence-electron chi connectivity index (χ1n) is 6.61. The zero-order valence-corrected chi connectivity index (χ0v) is 12.3. The molecule has 0 radical (unpaired) electrons. The third-order valence-electron chi connectivity index (χ3n) is 3.47. The summed E-state index contributed by atoms with van der Waals surface area (Å²) >= 11 is 1.89. The summed E-state index contributed by atoms with van der Waals surface area (Å²) in [5.41, 5.74) is 0. The second-order valence-electron chi connectivity index (χ2n) is 4.77. The van der Waals surface area contributed by atoms with E-state index in [4.69, 9.17) is 9.47 Å². The number of amides is 1. The first kappa shape index (κ1) is 15.8. The van der Waals surface area contributed by atoms with Crippen molar-refractivity contribution in [2.24, 2.45) is 0 Å². The van der Waals surface area contributed by atoms with Gasteiger partial charge >= 0.3 is 0 Å². The average Bonchev–Trinajstić information content (AvgIpc) is 2.42. The number of carbonyl (C=O) groups is 1. The molecule has 1 fully saturated rings. The summed E-state index contributed by atoms with van der Waals surface area (Å²) in [4.78, 5) is 11.6. The number of nitrogens with one attached hydrogen (secondary N) is 1. The van der Waals surface area contributed by atoms with Crippen molar-refractivity contribution in [3.63, 3.8) is 0 Å². The van der Waals surface area contributed by atoms with Gasteiger partial charge in [-0.1, -0.05) is 19.3 Å². The van der Waals surface area contributed by atoms with Gasteiger partial charge in [-0.2, -0.15) is 11.8 Å². The highest BCUT2D eigenvalue weighted by atomic mass is 32.2. The Bertz CT molecular complexity index is 242. The summed E-state index contributed by atoms with van der Waals surface area (Å²) in [6.45, 7) is 1.90. The van der Waals surface area contributed by atoms with Crippen LogP contribution in [-0.2, 0) is 14.3 Å². The van der Waals surface area contributed by atoms with E-state index in [0.29, 0.717) is 13.2 Å². The van der Waals surface area contributed by atoms with Crippen molar-refractivity contribution in [1.29, 1.82) is 0 Å². The van der Waals surface area contributed by atoms with Gasteiger partial charge in [0.1, 0.15) is 6.61 Å². The lowest BCUT2D eigenvalue weighted by molar-refractivity contribution is -0.126. The van der Waals surface area contributed by atoms with Gasteiger partial charge in [0.05, 0.1) is 13.2 Å². The molecule has 5 heteroatoms. The minimum Gasteiger partial charge on any atom is -0.382 e. The van der Waals surface area contributed by atoms with Crippen molar-refractivity contribution in [1.82, 2.24) is 5.32 Å². The highest BCUT2D eigenvalue weighted by molar-refractivity contribution is 8.00. The summed E-state index contributed by atoms with van der Waals surface area (Å²) in [6.07, 6.45) is 8.45. The standard InChI is InChI=1S/C13H25NO3S/c1-16-8-9-17-10-12(15)14-11-13(18-2)6-4-3-5-7-13/h3-11H2,1-2H3,(H,14,15). The summed E-state index contributed by atoms with van der Waals surface area (Å²) in [6, 6.07) is 0. The maximum Gasteiger partial charge on any atom is 0.246 e. The monoisotopic (exact) mass is 275 g/mol. The Hall–Kier alpha value is -0.260. The molecule has 0 bridgehead atoms. The third-order valence-corrected chi connectivity index (χ3v) is 4.89. The molecule has 0 unspecified atom stereocenters. The second-order valence-corrected chi connectivity index (χ2v) is 6.04. The highest BCUT2D eigenvalue weighted by Crippen LogP contribution is 2.37. The molecule has 1 rings (SSSR count).